The minimum absolute atomic E-state index is 0.127. The predicted molar refractivity (Wildman–Crippen MR) is 288 cm³/mol. The monoisotopic (exact) mass is 934 g/mol. The second-order valence-electron chi connectivity index (χ2n) is 18.5. The normalized spacial score (nSPS) is 12.9. The van der Waals surface area contributed by atoms with Gasteiger partial charge in [0.1, 0.15) is 17.1 Å². The maximum Gasteiger partial charge on any atom is 0.144 e. The molecule has 3 aromatic carbocycles. The summed E-state index contributed by atoms with van der Waals surface area (Å²) in [5, 5.41) is 10.1. The van der Waals surface area contributed by atoms with Gasteiger partial charge in [0, 0.05) is 39.8 Å². The summed E-state index contributed by atoms with van der Waals surface area (Å²) in [5.41, 5.74) is 23.7. The van der Waals surface area contributed by atoms with E-state index in [9.17, 15) is 5.11 Å². The number of methoxy groups -OCH3 is 2. The van der Waals surface area contributed by atoms with E-state index in [1.807, 2.05) is 30.3 Å². The van der Waals surface area contributed by atoms with Crippen LogP contribution in [-0.2, 0) is 36.0 Å². The van der Waals surface area contributed by atoms with Gasteiger partial charge in [-0.1, -0.05) is 82.3 Å². The van der Waals surface area contributed by atoms with Crippen molar-refractivity contribution < 1.29 is 19.3 Å². The standard InChI is InChI=1S/C61H67N5O4/c1-11-45-38(7)59-60-39(8)46(12-2)54(66-60)32-52-37(6)50(35-70-61(40-19-16-15-17-20-40,41-22-26-43(68-9)27-23-41)42-24-28-44(69-10)29-25-42)58(63-52)34-56-48(14-4)47(13-3)55(64-56)33-57-49(21-18-30-67)36(5)51(62-57)31-53(45)65-59/h15-17,19-20,22-29,31-34,62,64-65,67H,11-14,18,21,30,35H2,1-10H3. The number of H-pyrrole nitrogens is 3. The first kappa shape index (κ1) is 48.1. The molecule has 70 heavy (non-hydrogen) atoms. The van der Waals surface area contributed by atoms with Gasteiger partial charge in [0.2, 0.25) is 0 Å². The number of hydrogen-bond donors (Lipinski definition) is 4. The second-order valence-corrected chi connectivity index (χ2v) is 18.5. The molecule has 0 saturated heterocycles. The zero-order valence-electron chi connectivity index (χ0n) is 42.5. The smallest absolute Gasteiger partial charge is 0.144 e. The number of aliphatic hydroxyl groups is 1. The molecule has 360 valence electrons. The van der Waals surface area contributed by atoms with Crippen LogP contribution in [0.3, 0.4) is 0 Å². The van der Waals surface area contributed by atoms with E-state index in [2.05, 4.69) is 143 Å². The maximum absolute atomic E-state index is 10.1. The van der Waals surface area contributed by atoms with E-state index < -0.39 is 5.60 Å². The van der Waals surface area contributed by atoms with Crippen molar-refractivity contribution in [3.05, 3.63) is 176 Å². The van der Waals surface area contributed by atoms with Crippen LogP contribution in [0.5, 0.6) is 11.5 Å². The number of aliphatic hydroxyl groups excluding tert-OH is 1. The zero-order chi connectivity index (χ0) is 49.3. The van der Waals surface area contributed by atoms with Crippen LogP contribution in [0.4, 0.5) is 0 Å². The van der Waals surface area contributed by atoms with E-state index in [-0.39, 0.29) is 13.2 Å². The Morgan fingerprint density at radius 2 is 1.06 bits per heavy atom. The molecular weight excluding hydrogens is 867 g/mol. The fourth-order valence-corrected chi connectivity index (χ4v) is 11.0. The van der Waals surface area contributed by atoms with Crippen molar-refractivity contribution in [2.45, 2.75) is 99.5 Å². The molecule has 10 bridgehead atoms. The second kappa shape index (κ2) is 20.2. The minimum Gasteiger partial charge on any atom is -0.497 e. The van der Waals surface area contributed by atoms with Gasteiger partial charge in [-0.15, -0.1) is 0 Å². The number of aromatic nitrogens is 5. The van der Waals surface area contributed by atoms with Crippen LogP contribution in [-0.4, -0.2) is 57.5 Å². The van der Waals surface area contributed by atoms with E-state index in [0.717, 1.165) is 127 Å². The molecule has 0 fully saturated rings. The Kier molecular flexibility index (Phi) is 13.9. The van der Waals surface area contributed by atoms with Crippen LogP contribution in [0.15, 0.2) is 103 Å². The summed E-state index contributed by atoms with van der Waals surface area (Å²) >= 11 is 0. The number of aryl methyl sites for hydroxylation is 6. The Hall–Kier alpha value is -6.94. The van der Waals surface area contributed by atoms with E-state index in [1.165, 1.54) is 44.5 Å². The molecule has 9 heteroatoms. The van der Waals surface area contributed by atoms with Gasteiger partial charge in [-0.2, -0.15) is 0 Å². The lowest BCUT2D eigenvalue weighted by Crippen LogP contribution is -2.33. The van der Waals surface area contributed by atoms with Crippen molar-refractivity contribution in [2.75, 3.05) is 27.4 Å². The lowest BCUT2D eigenvalue weighted by atomic mass is 9.80. The predicted octanol–water partition coefficient (Wildman–Crippen LogP) is 13.9. The largest absolute Gasteiger partial charge is 0.497 e. The SMILES string of the molecule is CCC1=C(C)c2nc1cc1nc(cc3[nH]c(cc4[nH]c(cc5[nH]c2c(C)c5CC)c(C)c4CCCO)c(CC)c3CC)C(COC(c2ccccc2)(c2ccc(OC)cc2)c2ccc(OC)cc2)=C1C. The van der Waals surface area contributed by atoms with Crippen LogP contribution in [0, 0.1) is 13.8 Å². The molecule has 0 aliphatic carbocycles. The molecule has 0 atom stereocenters. The Balaban J connectivity index is 1.35. The molecule has 2 aliphatic rings. The minimum atomic E-state index is -1.04. The Labute approximate surface area is 412 Å². The third kappa shape index (κ3) is 8.49. The number of benzene rings is 3. The molecular formula is C61H67N5O4. The number of hydrogen-bond acceptors (Lipinski definition) is 6. The number of fused-ring (bicyclic) bond motifs is 11. The first-order valence-corrected chi connectivity index (χ1v) is 25.0. The molecule has 4 N–H and O–H groups in total. The van der Waals surface area contributed by atoms with Crippen molar-refractivity contribution in [1.29, 1.82) is 0 Å². The topological polar surface area (TPSA) is 121 Å². The van der Waals surface area contributed by atoms with E-state index >= 15 is 0 Å². The summed E-state index contributed by atoms with van der Waals surface area (Å²) in [5.74, 6) is 1.53. The number of aromatic amines is 3. The van der Waals surface area contributed by atoms with Crippen LogP contribution >= 0.6 is 0 Å². The highest BCUT2D eigenvalue weighted by molar-refractivity contribution is 5.98. The van der Waals surface area contributed by atoms with E-state index in [4.69, 9.17) is 24.2 Å². The van der Waals surface area contributed by atoms with Crippen LogP contribution in [0.1, 0.15) is 127 Å². The first-order valence-electron chi connectivity index (χ1n) is 25.0. The van der Waals surface area contributed by atoms with Crippen molar-refractivity contribution in [3.63, 3.8) is 0 Å². The van der Waals surface area contributed by atoms with E-state index in [1.54, 1.807) is 14.2 Å². The fourth-order valence-electron chi connectivity index (χ4n) is 11.0. The quantitative estimate of drug-likeness (QED) is 0.0760. The van der Waals surface area contributed by atoms with Crippen molar-refractivity contribution >= 4 is 55.4 Å². The number of ether oxygens (including phenoxy) is 3. The molecule has 0 radical (unpaired) electrons. The van der Waals surface area contributed by atoms with Gasteiger partial charge in [0.05, 0.1) is 49.1 Å². The molecule has 2 aliphatic heterocycles. The van der Waals surface area contributed by atoms with Crippen LogP contribution in [0.25, 0.3) is 55.4 Å². The van der Waals surface area contributed by atoms with Crippen LogP contribution in [0.2, 0.25) is 0 Å². The molecule has 4 aromatic heterocycles. The van der Waals surface area contributed by atoms with Gasteiger partial charge < -0.3 is 34.3 Å². The summed E-state index contributed by atoms with van der Waals surface area (Å²) < 4.78 is 18.9. The lowest BCUT2D eigenvalue weighted by Gasteiger charge is -2.36. The first-order chi connectivity index (χ1) is 34.0. The van der Waals surface area contributed by atoms with Crippen molar-refractivity contribution in [2.24, 2.45) is 0 Å². The number of rotatable bonds is 15. The molecule has 9 rings (SSSR count). The number of nitrogens with zero attached hydrogens (tertiary/aromatic N) is 2. The van der Waals surface area contributed by atoms with Gasteiger partial charge in [-0.05, 0) is 182 Å². The molecule has 6 heterocycles. The summed E-state index contributed by atoms with van der Waals surface area (Å²) in [6.07, 6.45) is 4.82. The Morgan fingerprint density at radius 3 is 1.64 bits per heavy atom. The average Bonchev–Trinajstić information content (AvgIpc) is 4.15. The highest BCUT2D eigenvalue weighted by atomic mass is 16.5. The summed E-state index contributed by atoms with van der Waals surface area (Å²) in [6, 6.07) is 35.8. The fraction of sp³-hybridized carbons (Fsp3) is 0.311. The highest BCUT2D eigenvalue weighted by Gasteiger charge is 2.39. The number of allylic oxidation sites excluding steroid dienone is 3. The molecule has 0 spiro atoms. The van der Waals surface area contributed by atoms with E-state index in [0.29, 0.717) is 6.42 Å². The summed E-state index contributed by atoms with van der Waals surface area (Å²) in [4.78, 5) is 22.7. The molecule has 0 amide bonds. The Morgan fingerprint density at radius 1 is 0.514 bits per heavy atom. The summed E-state index contributed by atoms with van der Waals surface area (Å²) in [7, 11) is 3.38. The van der Waals surface area contributed by atoms with Gasteiger partial charge in [0.25, 0.3) is 0 Å². The lowest BCUT2D eigenvalue weighted by molar-refractivity contribution is 0.0355. The highest BCUT2D eigenvalue weighted by Crippen LogP contribution is 2.44. The molecule has 9 nitrogen and oxygen atoms in total. The third-order valence-corrected chi connectivity index (χ3v) is 14.9. The van der Waals surface area contributed by atoms with Gasteiger partial charge in [-0.25, -0.2) is 9.97 Å². The third-order valence-electron chi connectivity index (χ3n) is 14.9. The molecule has 0 unspecified atom stereocenters. The zero-order valence-corrected chi connectivity index (χ0v) is 42.5. The number of nitrogens with one attached hydrogen (secondary N) is 3. The van der Waals surface area contributed by atoms with Gasteiger partial charge >= 0.3 is 0 Å². The molecule has 7 aromatic rings. The maximum atomic E-state index is 10.1. The van der Waals surface area contributed by atoms with Gasteiger partial charge in [0.15, 0.2) is 0 Å². The van der Waals surface area contributed by atoms with Crippen LogP contribution < -0.4 is 9.47 Å². The summed E-state index contributed by atoms with van der Waals surface area (Å²) in [6.45, 7) is 18.1. The Bertz CT molecular complexity index is 3300. The molecule has 0 saturated carbocycles. The van der Waals surface area contributed by atoms with Gasteiger partial charge in [-0.3, -0.25) is 0 Å². The van der Waals surface area contributed by atoms with Crippen molar-refractivity contribution in [3.8, 4) is 11.5 Å². The average molecular weight is 934 g/mol. The van der Waals surface area contributed by atoms with Crippen molar-refractivity contribution in [1.82, 2.24) is 24.9 Å².